The Bertz CT molecular complexity index is 1210. The van der Waals surface area contributed by atoms with E-state index in [9.17, 15) is 4.79 Å². The molecule has 0 spiro atoms. The van der Waals surface area contributed by atoms with E-state index < -0.39 is 5.97 Å². The molecule has 5 rings (SSSR count). The minimum atomic E-state index is -0.939. The van der Waals surface area contributed by atoms with Crippen LogP contribution in [0.2, 0.25) is 0 Å². The number of H-pyrrole nitrogens is 1. The van der Waals surface area contributed by atoms with Crippen molar-refractivity contribution in [2.75, 3.05) is 26.3 Å². The lowest BCUT2D eigenvalue weighted by Crippen LogP contribution is -2.35. The van der Waals surface area contributed by atoms with Gasteiger partial charge < -0.3 is 14.8 Å². The van der Waals surface area contributed by atoms with Gasteiger partial charge in [-0.15, -0.1) is 0 Å². The molecule has 1 aliphatic heterocycles. The quantitative estimate of drug-likeness (QED) is 0.516. The van der Waals surface area contributed by atoms with Gasteiger partial charge in [0.15, 0.2) is 5.65 Å². The SMILES string of the molecule is O=C(O)c1ccc(-c2ccnc3[nH]c(-c4ccc(CN5CCOCC5)cc4)nc23)cc1. The van der Waals surface area contributed by atoms with E-state index in [2.05, 4.69) is 39.1 Å². The van der Waals surface area contributed by atoms with Gasteiger partial charge in [0.25, 0.3) is 0 Å². The number of aromatic carboxylic acids is 1. The molecule has 2 aromatic heterocycles. The average molecular weight is 414 g/mol. The van der Waals surface area contributed by atoms with Crippen molar-refractivity contribution in [3.8, 4) is 22.5 Å². The third kappa shape index (κ3) is 4.05. The van der Waals surface area contributed by atoms with Crippen LogP contribution in [0.4, 0.5) is 0 Å². The number of hydrogen-bond acceptors (Lipinski definition) is 5. The number of benzene rings is 2. The summed E-state index contributed by atoms with van der Waals surface area (Å²) >= 11 is 0. The van der Waals surface area contributed by atoms with E-state index in [1.54, 1.807) is 30.5 Å². The molecule has 0 aliphatic carbocycles. The highest BCUT2D eigenvalue weighted by molar-refractivity contribution is 5.93. The van der Waals surface area contributed by atoms with Gasteiger partial charge >= 0.3 is 5.97 Å². The second-order valence-electron chi connectivity index (χ2n) is 7.61. The molecule has 0 atom stereocenters. The topological polar surface area (TPSA) is 91.3 Å². The first kappa shape index (κ1) is 19.4. The summed E-state index contributed by atoms with van der Waals surface area (Å²) in [6, 6.07) is 17.1. The van der Waals surface area contributed by atoms with Crippen molar-refractivity contribution in [1.82, 2.24) is 19.9 Å². The second-order valence-corrected chi connectivity index (χ2v) is 7.61. The lowest BCUT2D eigenvalue weighted by Gasteiger charge is -2.26. The number of fused-ring (bicyclic) bond motifs is 1. The maximum absolute atomic E-state index is 11.1. The van der Waals surface area contributed by atoms with E-state index >= 15 is 0 Å². The van der Waals surface area contributed by atoms with Gasteiger partial charge in [0.1, 0.15) is 11.3 Å². The Morgan fingerprint density at radius 2 is 1.71 bits per heavy atom. The summed E-state index contributed by atoms with van der Waals surface area (Å²) in [5.41, 5.74) is 5.79. The lowest BCUT2D eigenvalue weighted by atomic mass is 10.0. The van der Waals surface area contributed by atoms with Crippen molar-refractivity contribution in [2.45, 2.75) is 6.54 Å². The molecule has 0 bridgehead atoms. The van der Waals surface area contributed by atoms with Gasteiger partial charge in [0.05, 0.1) is 18.8 Å². The van der Waals surface area contributed by atoms with Crippen molar-refractivity contribution >= 4 is 17.1 Å². The Labute approximate surface area is 179 Å². The molecule has 2 N–H and O–H groups in total. The number of morpholine rings is 1. The Kier molecular flexibility index (Phi) is 5.19. The molecule has 0 radical (unpaired) electrons. The van der Waals surface area contributed by atoms with E-state index in [1.807, 2.05) is 6.07 Å². The number of pyridine rings is 1. The van der Waals surface area contributed by atoms with E-state index in [4.69, 9.17) is 14.8 Å². The average Bonchev–Trinajstić information content (AvgIpc) is 3.25. The molecule has 1 saturated heterocycles. The normalized spacial score (nSPS) is 14.7. The third-order valence-electron chi connectivity index (χ3n) is 5.56. The van der Waals surface area contributed by atoms with Crippen molar-refractivity contribution in [1.29, 1.82) is 0 Å². The standard InChI is InChI=1S/C24H22N4O3/c29-24(30)19-7-5-17(6-8-19)20-9-10-25-23-21(20)26-22(27-23)18-3-1-16(2-4-18)15-28-11-13-31-14-12-28/h1-10H,11-15H2,(H,29,30)(H,25,26,27). The molecule has 3 heterocycles. The molecule has 4 aromatic rings. The fourth-order valence-corrected chi connectivity index (χ4v) is 3.86. The summed E-state index contributed by atoms with van der Waals surface area (Å²) in [5.74, 6) is -0.180. The molecule has 2 aromatic carbocycles. The summed E-state index contributed by atoms with van der Waals surface area (Å²) in [5, 5.41) is 9.12. The number of hydrogen-bond donors (Lipinski definition) is 2. The number of carboxylic acids is 1. The van der Waals surface area contributed by atoms with Crippen LogP contribution >= 0.6 is 0 Å². The highest BCUT2D eigenvalue weighted by atomic mass is 16.5. The van der Waals surface area contributed by atoms with E-state index in [0.717, 1.165) is 60.9 Å². The fraction of sp³-hybridized carbons (Fsp3) is 0.208. The maximum Gasteiger partial charge on any atom is 0.335 e. The molecule has 0 unspecified atom stereocenters. The smallest absolute Gasteiger partial charge is 0.335 e. The van der Waals surface area contributed by atoms with Crippen LogP contribution in [0, 0.1) is 0 Å². The number of aromatic amines is 1. The third-order valence-corrected chi connectivity index (χ3v) is 5.56. The highest BCUT2D eigenvalue weighted by Crippen LogP contribution is 2.29. The zero-order valence-electron chi connectivity index (χ0n) is 16.9. The van der Waals surface area contributed by atoms with Gasteiger partial charge in [-0.05, 0) is 29.3 Å². The predicted molar refractivity (Wildman–Crippen MR) is 118 cm³/mol. The first-order chi connectivity index (χ1) is 15.2. The zero-order valence-corrected chi connectivity index (χ0v) is 16.9. The number of imidazole rings is 1. The molecule has 1 aliphatic rings. The molecule has 1 fully saturated rings. The van der Waals surface area contributed by atoms with Crippen LogP contribution in [0.3, 0.4) is 0 Å². The maximum atomic E-state index is 11.1. The minimum Gasteiger partial charge on any atom is -0.478 e. The molecular weight excluding hydrogens is 392 g/mol. The van der Waals surface area contributed by atoms with Crippen molar-refractivity contribution in [3.63, 3.8) is 0 Å². The number of ether oxygens (including phenoxy) is 1. The Hall–Kier alpha value is -3.55. The minimum absolute atomic E-state index is 0.258. The predicted octanol–water partition coefficient (Wildman–Crippen LogP) is 3.82. The van der Waals surface area contributed by atoms with Crippen LogP contribution in [-0.4, -0.2) is 57.2 Å². The van der Waals surface area contributed by atoms with Crippen LogP contribution < -0.4 is 0 Å². The molecule has 7 nitrogen and oxygen atoms in total. The zero-order chi connectivity index (χ0) is 21.2. The van der Waals surface area contributed by atoms with Crippen LogP contribution in [0.15, 0.2) is 60.8 Å². The van der Waals surface area contributed by atoms with Crippen LogP contribution in [0.5, 0.6) is 0 Å². The summed E-state index contributed by atoms with van der Waals surface area (Å²) in [6.45, 7) is 4.44. The van der Waals surface area contributed by atoms with Gasteiger partial charge in [-0.2, -0.15) is 0 Å². The molecule has 7 heteroatoms. The number of aromatic nitrogens is 3. The van der Waals surface area contributed by atoms with Gasteiger partial charge in [-0.3, -0.25) is 4.90 Å². The molecular formula is C24H22N4O3. The summed E-state index contributed by atoms with van der Waals surface area (Å²) < 4.78 is 5.41. The van der Waals surface area contributed by atoms with Crippen LogP contribution in [0.25, 0.3) is 33.7 Å². The van der Waals surface area contributed by atoms with E-state index in [-0.39, 0.29) is 5.56 Å². The van der Waals surface area contributed by atoms with E-state index in [0.29, 0.717) is 5.65 Å². The van der Waals surface area contributed by atoms with E-state index in [1.165, 1.54) is 5.56 Å². The van der Waals surface area contributed by atoms with Gasteiger partial charge in [-0.1, -0.05) is 36.4 Å². The van der Waals surface area contributed by atoms with Gasteiger partial charge in [0.2, 0.25) is 0 Å². The fourth-order valence-electron chi connectivity index (χ4n) is 3.86. The largest absolute Gasteiger partial charge is 0.478 e. The van der Waals surface area contributed by atoms with Gasteiger partial charge in [0, 0.05) is 37.0 Å². The second kappa shape index (κ2) is 8.29. The van der Waals surface area contributed by atoms with Crippen molar-refractivity contribution in [3.05, 3.63) is 71.9 Å². The Morgan fingerprint density at radius 1 is 1.00 bits per heavy atom. The molecule has 156 valence electrons. The lowest BCUT2D eigenvalue weighted by molar-refractivity contribution is 0.0342. The summed E-state index contributed by atoms with van der Waals surface area (Å²) in [6.07, 6.45) is 1.73. The first-order valence-corrected chi connectivity index (χ1v) is 10.3. The Balaban J connectivity index is 1.42. The first-order valence-electron chi connectivity index (χ1n) is 10.3. The summed E-state index contributed by atoms with van der Waals surface area (Å²) in [7, 11) is 0. The number of nitrogens with one attached hydrogen (secondary N) is 1. The van der Waals surface area contributed by atoms with Crippen molar-refractivity contribution < 1.29 is 14.6 Å². The van der Waals surface area contributed by atoms with Crippen LogP contribution in [0.1, 0.15) is 15.9 Å². The van der Waals surface area contributed by atoms with Crippen molar-refractivity contribution in [2.24, 2.45) is 0 Å². The molecule has 31 heavy (non-hydrogen) atoms. The molecule has 0 amide bonds. The number of carbonyl (C=O) groups is 1. The number of nitrogens with zero attached hydrogens (tertiary/aromatic N) is 3. The summed E-state index contributed by atoms with van der Waals surface area (Å²) in [4.78, 5) is 26.0. The highest BCUT2D eigenvalue weighted by Gasteiger charge is 2.14. The molecule has 0 saturated carbocycles. The monoisotopic (exact) mass is 414 g/mol. The Morgan fingerprint density at radius 3 is 2.42 bits per heavy atom. The number of carboxylic acid groups (broad SMARTS) is 1. The van der Waals surface area contributed by atoms with Gasteiger partial charge in [-0.25, -0.2) is 14.8 Å². The van der Waals surface area contributed by atoms with Crippen LogP contribution in [-0.2, 0) is 11.3 Å². The number of rotatable bonds is 5.